The molecule has 0 aromatic carbocycles. The number of nitrogens with two attached hydrogens (primary N) is 1. The summed E-state index contributed by atoms with van der Waals surface area (Å²) in [5, 5.41) is 20.2. The van der Waals surface area contributed by atoms with E-state index in [1.54, 1.807) is 0 Å². The summed E-state index contributed by atoms with van der Waals surface area (Å²) in [6.45, 7) is 5.43. The molecule has 3 rings (SSSR count). The van der Waals surface area contributed by atoms with Gasteiger partial charge in [-0.05, 0) is 37.8 Å². The SMILES string of the molecule is CCCc1cc(N2CCC(C)(O)CC2)nc2sc(C(=O)O)c(N)c12. The molecule has 4 N–H and O–H groups in total. The molecule has 0 atom stereocenters. The van der Waals surface area contributed by atoms with Gasteiger partial charge in [-0.25, -0.2) is 9.78 Å². The summed E-state index contributed by atoms with van der Waals surface area (Å²) in [6.07, 6.45) is 3.17. The van der Waals surface area contributed by atoms with Crippen LogP contribution in [0.15, 0.2) is 6.07 Å². The number of carboxylic acids is 1. The molecule has 0 aliphatic carbocycles. The first kappa shape index (κ1) is 17.0. The number of carboxylic acid groups (broad SMARTS) is 1. The van der Waals surface area contributed by atoms with E-state index < -0.39 is 11.6 Å². The van der Waals surface area contributed by atoms with Gasteiger partial charge in [-0.2, -0.15) is 0 Å². The van der Waals surface area contributed by atoms with Crippen LogP contribution in [0.4, 0.5) is 11.5 Å². The van der Waals surface area contributed by atoms with Crippen LogP contribution in [0, 0.1) is 0 Å². The van der Waals surface area contributed by atoms with Crippen molar-refractivity contribution in [3.8, 4) is 0 Å². The molecule has 1 aliphatic rings. The van der Waals surface area contributed by atoms with Crippen LogP contribution < -0.4 is 10.6 Å². The van der Waals surface area contributed by atoms with Crippen LogP contribution in [0.3, 0.4) is 0 Å². The fourth-order valence-corrected chi connectivity index (χ4v) is 4.16. The fourth-order valence-electron chi connectivity index (χ4n) is 3.19. The number of rotatable bonds is 4. The normalized spacial score (nSPS) is 17.4. The third kappa shape index (κ3) is 3.06. The number of aryl methyl sites for hydroxylation is 1. The number of hydrogen-bond donors (Lipinski definition) is 3. The zero-order valence-electron chi connectivity index (χ0n) is 14.0. The molecule has 0 bridgehead atoms. The standard InChI is InChI=1S/C17H23N3O3S/c1-3-4-10-9-11(20-7-5-17(2,23)6-8-20)19-15-12(10)13(18)14(24-15)16(21)22/h9,23H,3-8,18H2,1-2H3,(H,21,22). The van der Waals surface area contributed by atoms with Crippen molar-refractivity contribution in [2.45, 2.75) is 45.1 Å². The van der Waals surface area contributed by atoms with E-state index in [2.05, 4.69) is 16.8 Å². The number of aliphatic hydroxyl groups is 1. The zero-order chi connectivity index (χ0) is 17.5. The van der Waals surface area contributed by atoms with E-state index in [0.29, 0.717) is 23.4 Å². The number of aromatic nitrogens is 1. The molecule has 7 heteroatoms. The lowest BCUT2D eigenvalue weighted by Gasteiger charge is -2.36. The lowest BCUT2D eigenvalue weighted by Crippen LogP contribution is -2.42. The predicted molar refractivity (Wildman–Crippen MR) is 97.1 cm³/mol. The van der Waals surface area contributed by atoms with Crippen molar-refractivity contribution in [1.82, 2.24) is 4.98 Å². The highest BCUT2D eigenvalue weighted by Crippen LogP contribution is 2.38. The van der Waals surface area contributed by atoms with Crippen molar-refractivity contribution in [2.24, 2.45) is 0 Å². The second-order valence-corrected chi connectivity index (χ2v) is 7.70. The van der Waals surface area contributed by atoms with E-state index >= 15 is 0 Å². The molecule has 0 radical (unpaired) electrons. The Morgan fingerprint density at radius 1 is 1.46 bits per heavy atom. The number of nitrogen functional groups attached to an aromatic ring is 1. The second kappa shape index (κ2) is 6.22. The molecule has 24 heavy (non-hydrogen) atoms. The third-order valence-corrected chi connectivity index (χ3v) is 5.73. The maximum absolute atomic E-state index is 11.4. The lowest BCUT2D eigenvalue weighted by molar-refractivity contribution is 0.0350. The highest BCUT2D eigenvalue weighted by atomic mass is 32.1. The van der Waals surface area contributed by atoms with E-state index in [-0.39, 0.29) is 4.88 Å². The summed E-state index contributed by atoms with van der Waals surface area (Å²) in [5.74, 6) is -0.159. The van der Waals surface area contributed by atoms with Crippen molar-refractivity contribution in [3.63, 3.8) is 0 Å². The Morgan fingerprint density at radius 3 is 2.71 bits per heavy atom. The minimum Gasteiger partial charge on any atom is -0.477 e. The molecule has 1 aliphatic heterocycles. The highest BCUT2D eigenvalue weighted by Gasteiger charge is 2.29. The number of fused-ring (bicyclic) bond motifs is 1. The van der Waals surface area contributed by atoms with Gasteiger partial charge in [0.15, 0.2) is 0 Å². The molecular formula is C17H23N3O3S. The Balaban J connectivity index is 2.05. The number of aromatic carboxylic acids is 1. The first-order chi connectivity index (χ1) is 11.3. The van der Waals surface area contributed by atoms with Crippen molar-refractivity contribution < 1.29 is 15.0 Å². The van der Waals surface area contributed by atoms with Crippen LogP contribution in [-0.4, -0.2) is 39.9 Å². The van der Waals surface area contributed by atoms with Crippen molar-refractivity contribution in [3.05, 3.63) is 16.5 Å². The monoisotopic (exact) mass is 349 g/mol. The zero-order valence-corrected chi connectivity index (χ0v) is 14.8. The molecule has 0 spiro atoms. The van der Waals surface area contributed by atoms with Gasteiger partial charge in [0.1, 0.15) is 15.5 Å². The molecule has 1 fully saturated rings. The number of pyridine rings is 1. The summed E-state index contributed by atoms with van der Waals surface area (Å²) in [4.78, 5) is 19.1. The quantitative estimate of drug-likeness (QED) is 0.785. The van der Waals surface area contributed by atoms with E-state index in [0.717, 1.165) is 54.0 Å². The third-order valence-electron chi connectivity index (χ3n) is 4.65. The van der Waals surface area contributed by atoms with Gasteiger partial charge in [0.2, 0.25) is 0 Å². The van der Waals surface area contributed by atoms with Crippen molar-refractivity contribution in [2.75, 3.05) is 23.7 Å². The van der Waals surface area contributed by atoms with E-state index in [9.17, 15) is 15.0 Å². The van der Waals surface area contributed by atoms with E-state index in [1.165, 1.54) is 0 Å². The predicted octanol–water partition coefficient (Wildman–Crippen LogP) is 2.88. The van der Waals surface area contributed by atoms with Crippen LogP contribution in [0.25, 0.3) is 10.2 Å². The van der Waals surface area contributed by atoms with Gasteiger partial charge in [0.05, 0.1) is 11.3 Å². The smallest absolute Gasteiger partial charge is 0.348 e. The number of carbonyl (C=O) groups is 1. The van der Waals surface area contributed by atoms with Crippen LogP contribution in [0.5, 0.6) is 0 Å². The Morgan fingerprint density at radius 2 is 2.12 bits per heavy atom. The molecule has 0 unspecified atom stereocenters. The topological polar surface area (TPSA) is 99.7 Å². The Hall–Kier alpha value is -1.86. The molecule has 3 heterocycles. The van der Waals surface area contributed by atoms with E-state index in [4.69, 9.17) is 5.73 Å². The summed E-state index contributed by atoms with van der Waals surface area (Å²) in [7, 11) is 0. The molecule has 130 valence electrons. The van der Waals surface area contributed by atoms with Crippen LogP contribution >= 0.6 is 11.3 Å². The maximum Gasteiger partial charge on any atom is 0.348 e. The van der Waals surface area contributed by atoms with Gasteiger partial charge >= 0.3 is 5.97 Å². The van der Waals surface area contributed by atoms with Crippen molar-refractivity contribution in [1.29, 1.82) is 0 Å². The summed E-state index contributed by atoms with van der Waals surface area (Å²) in [5.41, 5.74) is 6.84. The summed E-state index contributed by atoms with van der Waals surface area (Å²) < 4.78 is 0. The highest BCUT2D eigenvalue weighted by molar-refractivity contribution is 7.21. The largest absolute Gasteiger partial charge is 0.477 e. The number of thiophene rings is 1. The van der Waals surface area contributed by atoms with Gasteiger partial charge in [-0.1, -0.05) is 13.3 Å². The maximum atomic E-state index is 11.4. The molecule has 1 saturated heterocycles. The van der Waals surface area contributed by atoms with Crippen LogP contribution in [0.1, 0.15) is 48.3 Å². The molecular weight excluding hydrogens is 326 g/mol. The number of nitrogens with zero attached hydrogens (tertiary/aromatic N) is 2. The number of anilines is 2. The Bertz CT molecular complexity index is 775. The number of piperidine rings is 1. The molecule has 0 saturated carbocycles. The fraction of sp³-hybridized carbons (Fsp3) is 0.529. The van der Waals surface area contributed by atoms with Gasteiger partial charge in [0, 0.05) is 18.5 Å². The van der Waals surface area contributed by atoms with Gasteiger partial charge in [-0.15, -0.1) is 11.3 Å². The summed E-state index contributed by atoms with van der Waals surface area (Å²) >= 11 is 1.14. The second-order valence-electron chi connectivity index (χ2n) is 6.70. The lowest BCUT2D eigenvalue weighted by atomic mass is 9.94. The average Bonchev–Trinajstić information content (AvgIpc) is 2.85. The van der Waals surface area contributed by atoms with Gasteiger partial charge in [-0.3, -0.25) is 0 Å². The molecule has 0 amide bonds. The molecule has 2 aromatic heterocycles. The van der Waals surface area contributed by atoms with Crippen LogP contribution in [-0.2, 0) is 6.42 Å². The van der Waals surface area contributed by atoms with Crippen LogP contribution in [0.2, 0.25) is 0 Å². The minimum atomic E-state index is -1.01. The first-order valence-electron chi connectivity index (χ1n) is 8.25. The molecule has 6 nitrogen and oxygen atoms in total. The number of hydrogen-bond acceptors (Lipinski definition) is 6. The average molecular weight is 349 g/mol. The van der Waals surface area contributed by atoms with Crippen molar-refractivity contribution >= 4 is 39.0 Å². The van der Waals surface area contributed by atoms with Gasteiger partial charge < -0.3 is 20.8 Å². The Kier molecular flexibility index (Phi) is 4.40. The molecule has 2 aromatic rings. The van der Waals surface area contributed by atoms with E-state index in [1.807, 2.05) is 13.0 Å². The summed E-state index contributed by atoms with van der Waals surface area (Å²) in [6, 6.07) is 2.03. The van der Waals surface area contributed by atoms with Gasteiger partial charge in [0.25, 0.3) is 0 Å². The first-order valence-corrected chi connectivity index (χ1v) is 9.06. The Labute approximate surface area is 144 Å². The minimum absolute atomic E-state index is 0.161.